The molecule has 1 fully saturated rings. The Bertz CT molecular complexity index is 1350. The second-order valence-electron chi connectivity index (χ2n) is 10.9. The number of hydrogen-bond acceptors (Lipinski definition) is 5. The predicted octanol–water partition coefficient (Wildman–Crippen LogP) is 5.65. The third-order valence-electron chi connectivity index (χ3n) is 6.69. The van der Waals surface area contributed by atoms with Crippen LogP contribution in [0, 0.1) is 13.8 Å². The number of anilines is 1. The Kier molecular flexibility index (Phi) is 7.01. The normalized spacial score (nSPS) is 14.6. The van der Waals surface area contributed by atoms with E-state index in [-0.39, 0.29) is 0 Å². The number of morpholine rings is 1. The molecule has 0 saturated carbocycles. The van der Waals surface area contributed by atoms with Crippen LogP contribution in [0.25, 0.3) is 28.1 Å². The maximum Gasteiger partial charge on any atom is 0.156 e. The second-order valence-corrected chi connectivity index (χ2v) is 16.6. The van der Waals surface area contributed by atoms with E-state index in [1.807, 2.05) is 10.9 Å². The quantitative estimate of drug-likeness (QED) is 0.230. The number of fused-ring (bicyclic) bond motifs is 1. The molecule has 0 spiro atoms. The summed E-state index contributed by atoms with van der Waals surface area (Å²) in [5.74, 6) is 0.823. The first-order chi connectivity index (χ1) is 17.3. The van der Waals surface area contributed by atoms with Crippen LogP contribution in [0.3, 0.4) is 0 Å². The minimum atomic E-state index is -1.13. The molecule has 7 nitrogen and oxygen atoms in total. The van der Waals surface area contributed by atoms with Crippen LogP contribution in [-0.4, -0.2) is 60.3 Å². The number of rotatable bonds is 8. The molecule has 4 aromatic rings. The Morgan fingerprint density at radius 2 is 1.86 bits per heavy atom. The Balaban J connectivity index is 1.52. The molecule has 1 saturated heterocycles. The minimum Gasteiger partial charge on any atom is -0.378 e. The van der Waals surface area contributed by atoms with E-state index < -0.39 is 8.07 Å². The number of aryl methyl sites for hydroxylation is 2. The van der Waals surface area contributed by atoms with Gasteiger partial charge in [0, 0.05) is 51.8 Å². The van der Waals surface area contributed by atoms with Gasteiger partial charge in [0.05, 0.1) is 35.6 Å². The monoisotopic (exact) mass is 503 g/mol. The SMILES string of the molecule is Cc1cccc(-c2ccn(-c3cc(N4CCOCC4)c4c(n3)c(C)cn4COCC[Si](C)(C)C)n2)c1. The van der Waals surface area contributed by atoms with E-state index in [0.717, 1.165) is 78.3 Å². The summed E-state index contributed by atoms with van der Waals surface area (Å²) >= 11 is 0. The molecule has 190 valence electrons. The summed E-state index contributed by atoms with van der Waals surface area (Å²) in [7, 11) is -1.13. The summed E-state index contributed by atoms with van der Waals surface area (Å²) < 4.78 is 15.9. The van der Waals surface area contributed by atoms with E-state index in [0.29, 0.717) is 6.73 Å². The summed E-state index contributed by atoms with van der Waals surface area (Å²) in [6, 6.07) is 13.8. The highest BCUT2D eigenvalue weighted by Crippen LogP contribution is 2.32. The molecule has 8 heteroatoms. The molecule has 0 atom stereocenters. The summed E-state index contributed by atoms with van der Waals surface area (Å²) in [5, 5.41) is 4.89. The van der Waals surface area contributed by atoms with Crippen LogP contribution in [-0.2, 0) is 16.2 Å². The third-order valence-corrected chi connectivity index (χ3v) is 8.39. The maximum atomic E-state index is 6.15. The molecular weight excluding hydrogens is 466 g/mol. The molecule has 3 aromatic heterocycles. The zero-order valence-corrected chi connectivity index (χ0v) is 23.1. The van der Waals surface area contributed by atoms with E-state index >= 15 is 0 Å². The molecule has 1 aliphatic heterocycles. The minimum absolute atomic E-state index is 0.534. The summed E-state index contributed by atoms with van der Waals surface area (Å²) in [4.78, 5) is 7.49. The molecule has 36 heavy (non-hydrogen) atoms. The van der Waals surface area contributed by atoms with Gasteiger partial charge in [-0.1, -0.05) is 43.4 Å². The van der Waals surface area contributed by atoms with Crippen molar-refractivity contribution >= 4 is 24.8 Å². The van der Waals surface area contributed by atoms with Gasteiger partial charge < -0.3 is 18.9 Å². The van der Waals surface area contributed by atoms with Crippen LogP contribution >= 0.6 is 0 Å². The van der Waals surface area contributed by atoms with Crippen molar-refractivity contribution in [2.45, 2.75) is 46.3 Å². The second kappa shape index (κ2) is 10.2. The van der Waals surface area contributed by atoms with Gasteiger partial charge in [0.15, 0.2) is 5.82 Å². The first-order valence-corrected chi connectivity index (χ1v) is 16.5. The average Bonchev–Trinajstić information content (AvgIpc) is 3.47. The van der Waals surface area contributed by atoms with Crippen molar-refractivity contribution in [1.29, 1.82) is 0 Å². The Morgan fingerprint density at radius 1 is 1.06 bits per heavy atom. The summed E-state index contributed by atoms with van der Waals surface area (Å²) in [6.07, 6.45) is 4.17. The molecule has 0 radical (unpaired) electrons. The first-order valence-electron chi connectivity index (χ1n) is 12.8. The fraction of sp³-hybridized carbons (Fsp3) is 0.429. The molecule has 0 unspecified atom stereocenters. The van der Waals surface area contributed by atoms with E-state index in [1.165, 1.54) is 5.56 Å². The van der Waals surface area contributed by atoms with Gasteiger partial charge in [-0.25, -0.2) is 9.67 Å². The van der Waals surface area contributed by atoms with Crippen molar-refractivity contribution in [3.63, 3.8) is 0 Å². The van der Waals surface area contributed by atoms with Crippen LogP contribution in [0.15, 0.2) is 48.8 Å². The van der Waals surface area contributed by atoms with Crippen molar-refractivity contribution in [3.8, 4) is 17.1 Å². The first kappa shape index (κ1) is 24.7. The molecule has 0 amide bonds. The molecular formula is C28H37N5O2Si. The van der Waals surface area contributed by atoms with Gasteiger partial charge in [-0.2, -0.15) is 5.10 Å². The van der Waals surface area contributed by atoms with Gasteiger partial charge in [0.1, 0.15) is 6.73 Å². The Labute approximate surface area is 214 Å². The molecule has 1 aliphatic rings. The molecule has 1 aromatic carbocycles. The van der Waals surface area contributed by atoms with E-state index in [9.17, 15) is 0 Å². The topological polar surface area (TPSA) is 57.3 Å². The largest absolute Gasteiger partial charge is 0.378 e. The van der Waals surface area contributed by atoms with Gasteiger partial charge in [0.25, 0.3) is 0 Å². The maximum absolute atomic E-state index is 6.15. The van der Waals surface area contributed by atoms with Crippen LogP contribution in [0.1, 0.15) is 11.1 Å². The summed E-state index contributed by atoms with van der Waals surface area (Å²) in [5.41, 5.74) is 7.70. The Morgan fingerprint density at radius 3 is 2.61 bits per heavy atom. The lowest BCUT2D eigenvalue weighted by molar-refractivity contribution is 0.0901. The molecule has 4 heterocycles. The standard InChI is InChI=1S/C28H37N5O2Si/c1-21-7-6-8-23(17-21)24-9-10-33(30-24)26-18-25(31-11-13-34-14-12-31)28-27(29-26)22(2)19-32(28)20-35-15-16-36(3,4)5/h6-10,17-19H,11-16,20H2,1-5H3. The number of aromatic nitrogens is 4. The van der Waals surface area contributed by atoms with Crippen molar-refractivity contribution in [2.75, 3.05) is 37.8 Å². The van der Waals surface area contributed by atoms with Crippen molar-refractivity contribution in [2.24, 2.45) is 0 Å². The molecule has 5 rings (SSSR count). The highest BCUT2D eigenvalue weighted by atomic mass is 28.3. The van der Waals surface area contributed by atoms with Gasteiger partial charge >= 0.3 is 0 Å². The number of nitrogens with zero attached hydrogens (tertiary/aromatic N) is 5. The molecule has 0 bridgehead atoms. The van der Waals surface area contributed by atoms with Gasteiger partial charge in [-0.3, -0.25) is 0 Å². The van der Waals surface area contributed by atoms with Gasteiger partial charge in [-0.15, -0.1) is 0 Å². The summed E-state index contributed by atoms with van der Waals surface area (Å²) in [6.45, 7) is 15.9. The fourth-order valence-electron chi connectivity index (χ4n) is 4.64. The van der Waals surface area contributed by atoms with E-state index in [1.54, 1.807) is 0 Å². The van der Waals surface area contributed by atoms with Crippen LogP contribution in [0.2, 0.25) is 25.7 Å². The van der Waals surface area contributed by atoms with E-state index in [4.69, 9.17) is 19.6 Å². The highest BCUT2D eigenvalue weighted by molar-refractivity contribution is 6.76. The zero-order chi connectivity index (χ0) is 25.3. The lowest BCUT2D eigenvalue weighted by Crippen LogP contribution is -2.36. The number of ether oxygens (including phenoxy) is 2. The third kappa shape index (κ3) is 5.40. The number of hydrogen-bond donors (Lipinski definition) is 0. The predicted molar refractivity (Wildman–Crippen MR) is 149 cm³/mol. The molecule has 0 N–H and O–H groups in total. The highest BCUT2D eigenvalue weighted by Gasteiger charge is 2.21. The lowest BCUT2D eigenvalue weighted by atomic mass is 10.1. The van der Waals surface area contributed by atoms with Gasteiger partial charge in [0.2, 0.25) is 0 Å². The number of benzene rings is 1. The number of pyridine rings is 1. The van der Waals surface area contributed by atoms with Crippen molar-refractivity contribution in [1.82, 2.24) is 19.3 Å². The molecule has 0 aliphatic carbocycles. The average molecular weight is 504 g/mol. The van der Waals surface area contributed by atoms with Gasteiger partial charge in [-0.05, 0) is 37.6 Å². The lowest BCUT2D eigenvalue weighted by Gasteiger charge is -2.30. The van der Waals surface area contributed by atoms with Crippen LogP contribution in [0.4, 0.5) is 5.69 Å². The van der Waals surface area contributed by atoms with E-state index in [2.05, 4.69) is 85.6 Å². The smallest absolute Gasteiger partial charge is 0.156 e. The van der Waals surface area contributed by atoms with Crippen molar-refractivity contribution in [3.05, 3.63) is 59.9 Å². The Hall–Kier alpha value is -2.94. The zero-order valence-electron chi connectivity index (χ0n) is 22.1. The fourth-order valence-corrected chi connectivity index (χ4v) is 5.40. The van der Waals surface area contributed by atoms with Crippen LogP contribution in [0.5, 0.6) is 0 Å². The van der Waals surface area contributed by atoms with Crippen LogP contribution < -0.4 is 4.90 Å². The van der Waals surface area contributed by atoms with Crippen molar-refractivity contribution < 1.29 is 9.47 Å².